The Kier molecular flexibility index (Phi) is 3.35. The second kappa shape index (κ2) is 5.97. The van der Waals surface area contributed by atoms with E-state index >= 15 is 0 Å². The van der Waals surface area contributed by atoms with Crippen LogP contribution in [-0.2, 0) is 0 Å². The van der Waals surface area contributed by atoms with E-state index in [0.29, 0.717) is 17.3 Å². The van der Waals surface area contributed by atoms with Gasteiger partial charge in [0.2, 0.25) is 5.65 Å². The Bertz CT molecular complexity index is 1200. The second-order valence-corrected chi connectivity index (χ2v) is 5.92. The normalized spacial score (nSPS) is 11.1. The van der Waals surface area contributed by atoms with Crippen LogP contribution < -0.4 is 4.74 Å². The summed E-state index contributed by atoms with van der Waals surface area (Å²) in [7, 11) is 0. The highest BCUT2D eigenvalue weighted by molar-refractivity contribution is 5.79. The van der Waals surface area contributed by atoms with E-state index in [1.165, 1.54) is 5.56 Å². The molecule has 0 bridgehead atoms. The van der Waals surface area contributed by atoms with Crippen molar-refractivity contribution in [3.8, 4) is 22.8 Å². The summed E-state index contributed by atoms with van der Waals surface area (Å²) in [6.45, 7) is 0. The fraction of sp³-hybridized carbons (Fsp3) is 0. The van der Waals surface area contributed by atoms with Gasteiger partial charge in [-0.15, -0.1) is 10.2 Å². The lowest BCUT2D eigenvalue weighted by atomic mass is 10.1. The van der Waals surface area contributed by atoms with E-state index in [0.717, 1.165) is 16.6 Å². The van der Waals surface area contributed by atoms with Crippen molar-refractivity contribution in [3.63, 3.8) is 0 Å². The highest BCUT2D eigenvalue weighted by Gasteiger charge is 2.12. The third-order valence-electron chi connectivity index (χ3n) is 4.28. The van der Waals surface area contributed by atoms with Crippen LogP contribution in [0.1, 0.15) is 0 Å². The van der Waals surface area contributed by atoms with Crippen molar-refractivity contribution in [2.75, 3.05) is 0 Å². The summed E-state index contributed by atoms with van der Waals surface area (Å²) in [6, 6.07) is 26.0. The van der Waals surface area contributed by atoms with E-state index in [1.54, 1.807) is 6.33 Å². The van der Waals surface area contributed by atoms with Gasteiger partial charge in [0.25, 0.3) is 5.88 Å². The zero-order valence-electron chi connectivity index (χ0n) is 13.8. The molecule has 0 aliphatic heterocycles. The highest BCUT2D eigenvalue weighted by atomic mass is 16.5. The summed E-state index contributed by atoms with van der Waals surface area (Å²) >= 11 is 0. The van der Waals surface area contributed by atoms with E-state index in [4.69, 9.17) is 4.74 Å². The highest BCUT2D eigenvalue weighted by Crippen LogP contribution is 2.28. The van der Waals surface area contributed by atoms with Gasteiger partial charge in [0.05, 0.1) is 11.0 Å². The lowest BCUT2D eigenvalue weighted by molar-refractivity contribution is 0.467. The largest absolute Gasteiger partial charge is 0.436 e. The Balaban J connectivity index is 1.54. The molecule has 124 valence electrons. The van der Waals surface area contributed by atoms with Gasteiger partial charge in [-0.3, -0.25) is 4.40 Å². The number of hydrogen-bond acceptors (Lipinski definition) is 4. The van der Waals surface area contributed by atoms with Crippen LogP contribution in [0.4, 0.5) is 0 Å². The first-order valence-electron chi connectivity index (χ1n) is 8.30. The maximum absolute atomic E-state index is 6.01. The van der Waals surface area contributed by atoms with Crippen molar-refractivity contribution in [2.24, 2.45) is 0 Å². The number of nitrogens with zero attached hydrogens (tertiary/aromatic N) is 4. The summed E-state index contributed by atoms with van der Waals surface area (Å²) in [4.78, 5) is 4.61. The second-order valence-electron chi connectivity index (χ2n) is 5.92. The van der Waals surface area contributed by atoms with Crippen LogP contribution in [0.25, 0.3) is 27.8 Å². The SMILES string of the molecule is c1ccc(-c2ccc(Oc3nc4ccccc4n4cnnc34)cc2)cc1. The Morgan fingerprint density at radius 1 is 0.731 bits per heavy atom. The number of fused-ring (bicyclic) bond motifs is 3. The monoisotopic (exact) mass is 338 g/mol. The molecule has 2 aromatic heterocycles. The molecule has 0 aliphatic carbocycles. The fourth-order valence-electron chi connectivity index (χ4n) is 3.01. The van der Waals surface area contributed by atoms with Crippen LogP contribution in [0.3, 0.4) is 0 Å². The summed E-state index contributed by atoms with van der Waals surface area (Å²) in [6.07, 6.45) is 1.67. The quantitative estimate of drug-likeness (QED) is 0.477. The smallest absolute Gasteiger partial charge is 0.266 e. The minimum atomic E-state index is 0.439. The Morgan fingerprint density at radius 3 is 2.31 bits per heavy atom. The van der Waals surface area contributed by atoms with Gasteiger partial charge < -0.3 is 4.74 Å². The molecule has 26 heavy (non-hydrogen) atoms. The number of aromatic nitrogens is 4. The van der Waals surface area contributed by atoms with Gasteiger partial charge in [0.1, 0.15) is 12.1 Å². The van der Waals surface area contributed by atoms with Gasteiger partial charge in [-0.2, -0.15) is 0 Å². The van der Waals surface area contributed by atoms with E-state index in [2.05, 4.69) is 27.3 Å². The van der Waals surface area contributed by atoms with Gasteiger partial charge in [0, 0.05) is 0 Å². The molecule has 5 rings (SSSR count). The fourth-order valence-corrected chi connectivity index (χ4v) is 3.01. The number of para-hydroxylation sites is 2. The van der Waals surface area contributed by atoms with Crippen LogP contribution in [0.5, 0.6) is 11.6 Å². The Hall–Kier alpha value is -3.73. The maximum Gasteiger partial charge on any atom is 0.266 e. The first-order valence-corrected chi connectivity index (χ1v) is 8.30. The number of hydrogen-bond donors (Lipinski definition) is 0. The molecule has 0 N–H and O–H groups in total. The average molecular weight is 338 g/mol. The third kappa shape index (κ3) is 2.46. The summed E-state index contributed by atoms with van der Waals surface area (Å²) in [5, 5.41) is 8.16. The first kappa shape index (κ1) is 14.6. The maximum atomic E-state index is 6.01. The molecule has 0 aliphatic rings. The average Bonchev–Trinajstić information content (AvgIpc) is 3.20. The van der Waals surface area contributed by atoms with Gasteiger partial charge in [0.15, 0.2) is 0 Å². The Morgan fingerprint density at radius 2 is 1.46 bits per heavy atom. The Labute approximate surface area is 149 Å². The standard InChI is InChI=1S/C21H14N4O/c1-2-6-15(7-3-1)16-10-12-17(13-11-16)26-21-20-24-22-14-25(20)19-9-5-4-8-18(19)23-21/h1-14H. The minimum Gasteiger partial charge on any atom is -0.436 e. The molecule has 0 fully saturated rings. The summed E-state index contributed by atoms with van der Waals surface area (Å²) in [5.41, 5.74) is 4.67. The van der Waals surface area contributed by atoms with Crippen LogP contribution in [0.2, 0.25) is 0 Å². The van der Waals surface area contributed by atoms with Gasteiger partial charge in [-0.05, 0) is 35.4 Å². The van der Waals surface area contributed by atoms with E-state index in [9.17, 15) is 0 Å². The van der Waals surface area contributed by atoms with Gasteiger partial charge in [-0.25, -0.2) is 4.98 Å². The lowest BCUT2D eigenvalue weighted by Crippen LogP contribution is -1.96. The molecule has 0 atom stereocenters. The zero-order chi connectivity index (χ0) is 17.3. The van der Waals surface area contributed by atoms with Crippen molar-refractivity contribution in [3.05, 3.63) is 85.2 Å². The summed E-state index contributed by atoms with van der Waals surface area (Å²) in [5.74, 6) is 1.14. The molecule has 5 heteroatoms. The third-order valence-corrected chi connectivity index (χ3v) is 4.28. The first-order chi connectivity index (χ1) is 12.9. The molecular formula is C21H14N4O. The zero-order valence-corrected chi connectivity index (χ0v) is 13.8. The molecule has 2 heterocycles. The molecule has 0 saturated heterocycles. The number of ether oxygens (including phenoxy) is 1. The molecule has 0 spiro atoms. The molecule has 0 radical (unpaired) electrons. The van der Waals surface area contributed by atoms with Gasteiger partial charge in [-0.1, -0.05) is 54.6 Å². The molecule has 0 amide bonds. The number of rotatable bonds is 3. The van der Waals surface area contributed by atoms with Crippen LogP contribution in [0.15, 0.2) is 85.2 Å². The van der Waals surface area contributed by atoms with Crippen LogP contribution >= 0.6 is 0 Å². The molecule has 5 aromatic rings. The molecule has 5 nitrogen and oxygen atoms in total. The van der Waals surface area contributed by atoms with E-state index < -0.39 is 0 Å². The van der Waals surface area contributed by atoms with Crippen LogP contribution in [-0.4, -0.2) is 19.6 Å². The predicted octanol–water partition coefficient (Wildman–Crippen LogP) is 4.74. The van der Waals surface area contributed by atoms with Crippen molar-refractivity contribution in [2.45, 2.75) is 0 Å². The molecule has 0 unspecified atom stereocenters. The molecule has 0 saturated carbocycles. The van der Waals surface area contributed by atoms with E-state index in [1.807, 2.05) is 71.1 Å². The van der Waals surface area contributed by atoms with Crippen LogP contribution in [0, 0.1) is 0 Å². The lowest BCUT2D eigenvalue weighted by Gasteiger charge is -2.09. The topological polar surface area (TPSA) is 52.3 Å². The van der Waals surface area contributed by atoms with E-state index in [-0.39, 0.29) is 0 Å². The number of benzene rings is 3. The predicted molar refractivity (Wildman–Crippen MR) is 100 cm³/mol. The van der Waals surface area contributed by atoms with Crippen molar-refractivity contribution >= 4 is 16.7 Å². The molecular weight excluding hydrogens is 324 g/mol. The van der Waals surface area contributed by atoms with Crippen molar-refractivity contribution in [1.82, 2.24) is 19.6 Å². The minimum absolute atomic E-state index is 0.439. The van der Waals surface area contributed by atoms with Crippen molar-refractivity contribution in [1.29, 1.82) is 0 Å². The van der Waals surface area contributed by atoms with Gasteiger partial charge >= 0.3 is 0 Å². The summed E-state index contributed by atoms with van der Waals surface area (Å²) < 4.78 is 7.90. The molecule has 3 aromatic carbocycles. The van der Waals surface area contributed by atoms with Crippen molar-refractivity contribution < 1.29 is 4.74 Å².